The highest BCUT2D eigenvalue weighted by Crippen LogP contribution is 1.97. The van der Waals surface area contributed by atoms with Gasteiger partial charge in [-0.2, -0.15) is 24.4 Å². The van der Waals surface area contributed by atoms with E-state index in [-0.39, 0.29) is 6.61 Å². The van der Waals surface area contributed by atoms with Gasteiger partial charge in [-0.05, 0) is 0 Å². The highest BCUT2D eigenvalue weighted by molar-refractivity contribution is 7.99. The van der Waals surface area contributed by atoms with Crippen LogP contribution < -0.4 is 0 Å². The van der Waals surface area contributed by atoms with Crippen molar-refractivity contribution in [3.63, 3.8) is 0 Å². The Morgan fingerprint density at radius 1 is 1.30 bits per heavy atom. The second-order valence-corrected chi connectivity index (χ2v) is 3.34. The minimum Gasteiger partial charge on any atom is -0.396 e. The van der Waals surface area contributed by atoms with Crippen LogP contribution in [0.2, 0.25) is 0 Å². The summed E-state index contributed by atoms with van der Waals surface area (Å²) in [6.45, 7) is 1.76. The Kier molecular flexibility index (Phi) is 10.2. The summed E-state index contributed by atoms with van der Waals surface area (Å²) in [4.78, 5) is 0. The molecule has 0 aromatic rings. The van der Waals surface area contributed by atoms with Crippen LogP contribution in [0.3, 0.4) is 0 Å². The van der Waals surface area contributed by atoms with Crippen molar-refractivity contribution in [2.24, 2.45) is 0 Å². The molecule has 0 fully saturated rings. The molecule has 0 atom stereocenters. The lowest BCUT2D eigenvalue weighted by Crippen LogP contribution is -2.01. The molecule has 0 rings (SSSR count). The van der Waals surface area contributed by atoms with Crippen LogP contribution >= 0.6 is 24.4 Å². The number of thiol groups is 1. The van der Waals surface area contributed by atoms with E-state index < -0.39 is 0 Å². The van der Waals surface area contributed by atoms with Crippen molar-refractivity contribution >= 4 is 24.4 Å². The number of ether oxygens (including phenoxy) is 1. The molecule has 10 heavy (non-hydrogen) atoms. The van der Waals surface area contributed by atoms with E-state index in [2.05, 4.69) is 12.6 Å². The molecule has 0 aromatic carbocycles. The van der Waals surface area contributed by atoms with Gasteiger partial charge in [0.25, 0.3) is 0 Å². The van der Waals surface area contributed by atoms with Gasteiger partial charge in [-0.3, -0.25) is 0 Å². The van der Waals surface area contributed by atoms with Gasteiger partial charge < -0.3 is 9.84 Å². The fourth-order valence-electron chi connectivity index (χ4n) is 0.451. The molecule has 2 nitrogen and oxygen atoms in total. The maximum atomic E-state index is 8.40. The summed E-state index contributed by atoms with van der Waals surface area (Å²) in [5, 5.41) is 8.40. The van der Waals surface area contributed by atoms with E-state index in [0.717, 1.165) is 30.5 Å². The molecule has 0 spiro atoms. The Morgan fingerprint density at radius 3 is 2.70 bits per heavy atom. The van der Waals surface area contributed by atoms with Crippen LogP contribution in [0.15, 0.2) is 0 Å². The molecule has 0 heterocycles. The van der Waals surface area contributed by atoms with Crippen LogP contribution in [-0.4, -0.2) is 42.2 Å². The van der Waals surface area contributed by atoms with Gasteiger partial charge in [0.1, 0.15) is 0 Å². The minimum atomic E-state index is 0.261. The van der Waals surface area contributed by atoms with Crippen molar-refractivity contribution in [2.45, 2.75) is 0 Å². The van der Waals surface area contributed by atoms with Gasteiger partial charge in [0.15, 0.2) is 0 Å². The van der Waals surface area contributed by atoms with Crippen LogP contribution in [-0.2, 0) is 4.74 Å². The summed E-state index contributed by atoms with van der Waals surface area (Å²) in [7, 11) is 0. The zero-order valence-corrected chi connectivity index (χ0v) is 7.66. The van der Waals surface area contributed by atoms with Crippen molar-refractivity contribution in [1.29, 1.82) is 0 Å². The molecule has 0 saturated heterocycles. The van der Waals surface area contributed by atoms with Crippen LogP contribution in [0.1, 0.15) is 0 Å². The second kappa shape index (κ2) is 9.62. The molecule has 0 aromatic heterocycles. The first-order chi connectivity index (χ1) is 4.91. The van der Waals surface area contributed by atoms with Gasteiger partial charge in [0.2, 0.25) is 0 Å². The fourth-order valence-corrected chi connectivity index (χ4v) is 1.15. The van der Waals surface area contributed by atoms with E-state index >= 15 is 0 Å². The van der Waals surface area contributed by atoms with E-state index in [1.165, 1.54) is 0 Å². The molecule has 0 saturated carbocycles. The molecule has 4 heteroatoms. The molecule has 62 valence electrons. The van der Waals surface area contributed by atoms with Gasteiger partial charge in [-0.25, -0.2) is 0 Å². The third kappa shape index (κ3) is 8.62. The topological polar surface area (TPSA) is 29.5 Å². The largest absolute Gasteiger partial charge is 0.396 e. The first-order valence-electron chi connectivity index (χ1n) is 3.29. The molecule has 0 aliphatic carbocycles. The Balaban J connectivity index is 2.65. The van der Waals surface area contributed by atoms with Crippen LogP contribution in [0, 0.1) is 0 Å². The molecule has 1 N–H and O–H groups in total. The van der Waals surface area contributed by atoms with Gasteiger partial charge in [0.05, 0.1) is 19.8 Å². The summed E-state index contributed by atoms with van der Waals surface area (Å²) in [5.74, 6) is 2.56. The van der Waals surface area contributed by atoms with Gasteiger partial charge >= 0.3 is 0 Å². The fraction of sp³-hybridized carbons (Fsp3) is 1.00. The standard InChI is InChI=1S/C6H14O2S2/c7-1-5-10-6-3-8-2-4-9/h7,9H,1-6H2. The predicted octanol–water partition coefficient (Wildman–Crippen LogP) is 0.658. The average Bonchev–Trinajstić information content (AvgIpc) is 1.97. The average molecular weight is 182 g/mol. The highest BCUT2D eigenvalue weighted by atomic mass is 32.2. The first kappa shape index (κ1) is 10.6. The van der Waals surface area contributed by atoms with Gasteiger partial charge in [-0.15, -0.1) is 0 Å². The van der Waals surface area contributed by atoms with E-state index in [9.17, 15) is 0 Å². The Bertz CT molecular complexity index is 53.7. The first-order valence-corrected chi connectivity index (χ1v) is 5.07. The van der Waals surface area contributed by atoms with Crippen molar-refractivity contribution in [3.05, 3.63) is 0 Å². The van der Waals surface area contributed by atoms with E-state index in [1.54, 1.807) is 11.8 Å². The predicted molar refractivity (Wildman–Crippen MR) is 49.1 cm³/mol. The molecule has 0 aliphatic rings. The van der Waals surface area contributed by atoms with Crippen molar-refractivity contribution in [1.82, 2.24) is 0 Å². The highest BCUT2D eigenvalue weighted by Gasteiger charge is 1.87. The number of hydrogen-bond donors (Lipinski definition) is 2. The number of aliphatic hydroxyl groups is 1. The van der Waals surface area contributed by atoms with Crippen LogP contribution in [0.5, 0.6) is 0 Å². The number of thioether (sulfide) groups is 1. The monoisotopic (exact) mass is 182 g/mol. The Hall–Kier alpha value is 0.620. The lowest BCUT2D eigenvalue weighted by molar-refractivity contribution is 0.167. The summed E-state index contributed by atoms with van der Waals surface area (Å²) in [6.07, 6.45) is 0. The molecule has 0 radical (unpaired) electrons. The molecular weight excluding hydrogens is 168 g/mol. The lowest BCUT2D eigenvalue weighted by Gasteiger charge is -2.00. The van der Waals surface area contributed by atoms with Gasteiger partial charge in [0, 0.05) is 17.3 Å². The lowest BCUT2D eigenvalue weighted by atomic mass is 10.8. The zero-order valence-electron chi connectivity index (χ0n) is 5.95. The summed E-state index contributed by atoms with van der Waals surface area (Å²) in [5.41, 5.74) is 0. The van der Waals surface area contributed by atoms with Crippen molar-refractivity contribution in [2.75, 3.05) is 37.1 Å². The molecule has 0 amide bonds. The summed E-state index contributed by atoms with van der Waals surface area (Å²) < 4.78 is 5.15. The number of rotatable bonds is 7. The zero-order chi connectivity index (χ0) is 7.66. The second-order valence-electron chi connectivity index (χ2n) is 1.67. The number of aliphatic hydroxyl groups excluding tert-OH is 1. The molecule has 0 unspecified atom stereocenters. The summed E-state index contributed by atoms with van der Waals surface area (Å²) in [6, 6.07) is 0. The maximum Gasteiger partial charge on any atom is 0.0557 e. The molecular formula is C6H14O2S2. The van der Waals surface area contributed by atoms with E-state index in [0.29, 0.717) is 0 Å². The Morgan fingerprint density at radius 2 is 2.10 bits per heavy atom. The van der Waals surface area contributed by atoms with E-state index in [4.69, 9.17) is 9.84 Å². The van der Waals surface area contributed by atoms with Crippen LogP contribution in [0.4, 0.5) is 0 Å². The third-order valence-electron chi connectivity index (χ3n) is 0.843. The number of hydrogen-bond acceptors (Lipinski definition) is 4. The van der Waals surface area contributed by atoms with Crippen molar-refractivity contribution in [3.8, 4) is 0 Å². The SMILES string of the molecule is OCCSCCOCCS. The van der Waals surface area contributed by atoms with Crippen LogP contribution in [0.25, 0.3) is 0 Å². The van der Waals surface area contributed by atoms with Gasteiger partial charge in [-0.1, -0.05) is 0 Å². The smallest absolute Gasteiger partial charge is 0.0557 e. The van der Waals surface area contributed by atoms with Crippen molar-refractivity contribution < 1.29 is 9.84 Å². The molecule has 0 aliphatic heterocycles. The molecule has 0 bridgehead atoms. The summed E-state index contributed by atoms with van der Waals surface area (Å²) >= 11 is 5.70. The minimum absolute atomic E-state index is 0.261. The third-order valence-corrected chi connectivity index (χ3v) is 1.95. The maximum absolute atomic E-state index is 8.40. The quantitative estimate of drug-likeness (QED) is 0.448. The Labute approximate surface area is 71.7 Å². The normalized spacial score (nSPS) is 10.2. The van der Waals surface area contributed by atoms with E-state index in [1.807, 2.05) is 0 Å².